The van der Waals surface area contributed by atoms with Gasteiger partial charge in [-0.05, 0) is 23.6 Å². The first-order chi connectivity index (χ1) is 13.2. The topological polar surface area (TPSA) is 64.6 Å². The number of thiophene rings is 1. The van der Waals surface area contributed by atoms with E-state index >= 15 is 0 Å². The van der Waals surface area contributed by atoms with E-state index in [1.165, 1.54) is 11.3 Å². The van der Waals surface area contributed by atoms with Crippen molar-refractivity contribution < 1.29 is 19.1 Å². The number of hydrogen-bond donors (Lipinski definition) is 1. The zero-order chi connectivity index (χ0) is 19.1. The molecular formula is C21H19NO4S. The van der Waals surface area contributed by atoms with E-state index in [1.54, 1.807) is 55.6 Å². The van der Waals surface area contributed by atoms with Crippen molar-refractivity contribution >= 4 is 28.9 Å². The van der Waals surface area contributed by atoms with Crippen LogP contribution in [-0.4, -0.2) is 19.0 Å². The van der Waals surface area contributed by atoms with Crippen molar-refractivity contribution in [2.45, 2.75) is 12.5 Å². The standard InChI is InChI=1S/C21H19NO4S/c1-25-17-10-5-9-16(13-17)22-21(24)20(15-7-3-2-4-8-15)26-19(23)14-18-11-6-12-27-18/h2-13,20H,14H2,1H3,(H,22,24). The van der Waals surface area contributed by atoms with Crippen LogP contribution >= 0.6 is 11.3 Å². The number of hydrogen-bond acceptors (Lipinski definition) is 5. The molecule has 1 amide bonds. The van der Waals surface area contributed by atoms with Crippen LogP contribution < -0.4 is 10.1 Å². The van der Waals surface area contributed by atoms with Crippen LogP contribution in [0.15, 0.2) is 72.1 Å². The molecule has 0 fully saturated rings. The Morgan fingerprint density at radius 3 is 2.56 bits per heavy atom. The lowest BCUT2D eigenvalue weighted by Crippen LogP contribution is -2.26. The molecule has 0 radical (unpaired) electrons. The van der Waals surface area contributed by atoms with Gasteiger partial charge in [-0.1, -0.05) is 42.5 Å². The van der Waals surface area contributed by atoms with Gasteiger partial charge in [-0.2, -0.15) is 0 Å². The number of carbonyl (C=O) groups is 2. The molecule has 5 nitrogen and oxygen atoms in total. The summed E-state index contributed by atoms with van der Waals surface area (Å²) in [5.41, 5.74) is 1.17. The van der Waals surface area contributed by atoms with Crippen LogP contribution in [-0.2, 0) is 20.7 Å². The number of ether oxygens (including phenoxy) is 2. The highest BCUT2D eigenvalue weighted by Crippen LogP contribution is 2.23. The van der Waals surface area contributed by atoms with Gasteiger partial charge in [-0.25, -0.2) is 0 Å². The van der Waals surface area contributed by atoms with Crippen molar-refractivity contribution in [1.82, 2.24) is 0 Å². The smallest absolute Gasteiger partial charge is 0.312 e. The number of amides is 1. The summed E-state index contributed by atoms with van der Waals surface area (Å²) in [7, 11) is 1.56. The Balaban J connectivity index is 1.76. The molecule has 0 bridgehead atoms. The Bertz CT molecular complexity index is 894. The predicted octanol–water partition coefficient (Wildman–Crippen LogP) is 4.22. The van der Waals surface area contributed by atoms with Gasteiger partial charge >= 0.3 is 5.97 Å². The molecule has 3 rings (SSSR count). The lowest BCUT2D eigenvalue weighted by molar-refractivity contribution is -0.154. The highest BCUT2D eigenvalue weighted by Gasteiger charge is 2.25. The zero-order valence-corrected chi connectivity index (χ0v) is 15.6. The van der Waals surface area contributed by atoms with Crippen molar-refractivity contribution in [3.05, 3.63) is 82.6 Å². The third-order valence-electron chi connectivity index (χ3n) is 3.83. The monoisotopic (exact) mass is 381 g/mol. The molecule has 1 N–H and O–H groups in total. The van der Waals surface area contributed by atoms with E-state index in [0.717, 1.165) is 4.88 Å². The summed E-state index contributed by atoms with van der Waals surface area (Å²) in [5, 5.41) is 4.68. The Labute approximate surface area is 161 Å². The normalized spacial score (nSPS) is 11.4. The Hall–Kier alpha value is -3.12. The summed E-state index contributed by atoms with van der Waals surface area (Å²) in [6.07, 6.45) is -0.905. The SMILES string of the molecule is COc1cccc(NC(=O)C(OC(=O)Cc2cccs2)c2ccccc2)c1. The molecular weight excluding hydrogens is 362 g/mol. The number of benzene rings is 2. The molecule has 0 aliphatic carbocycles. The Morgan fingerprint density at radius 1 is 1.04 bits per heavy atom. The van der Waals surface area contributed by atoms with E-state index in [4.69, 9.17) is 9.47 Å². The molecule has 0 aliphatic heterocycles. The number of esters is 1. The van der Waals surface area contributed by atoms with Crippen molar-refractivity contribution in [2.75, 3.05) is 12.4 Å². The van der Waals surface area contributed by atoms with Crippen LogP contribution in [0.3, 0.4) is 0 Å². The largest absolute Gasteiger partial charge is 0.497 e. The fraction of sp³-hybridized carbons (Fsp3) is 0.143. The molecule has 1 heterocycles. The minimum absolute atomic E-state index is 0.132. The van der Waals surface area contributed by atoms with E-state index in [-0.39, 0.29) is 6.42 Å². The van der Waals surface area contributed by atoms with Crippen LogP contribution in [0.4, 0.5) is 5.69 Å². The van der Waals surface area contributed by atoms with Crippen LogP contribution in [0.5, 0.6) is 5.75 Å². The fourth-order valence-corrected chi connectivity index (χ4v) is 3.23. The lowest BCUT2D eigenvalue weighted by atomic mass is 10.1. The summed E-state index contributed by atoms with van der Waals surface area (Å²) in [4.78, 5) is 26.0. The van der Waals surface area contributed by atoms with Crippen molar-refractivity contribution in [3.8, 4) is 5.75 Å². The predicted molar refractivity (Wildman–Crippen MR) is 105 cm³/mol. The molecule has 3 aromatic rings. The van der Waals surface area contributed by atoms with E-state index in [0.29, 0.717) is 17.0 Å². The van der Waals surface area contributed by atoms with Gasteiger partial charge in [0.1, 0.15) is 5.75 Å². The van der Waals surface area contributed by atoms with Gasteiger partial charge in [0, 0.05) is 22.2 Å². The van der Waals surface area contributed by atoms with E-state index in [9.17, 15) is 9.59 Å². The summed E-state index contributed by atoms with van der Waals surface area (Å²) < 4.78 is 10.7. The number of carbonyl (C=O) groups excluding carboxylic acids is 2. The Morgan fingerprint density at radius 2 is 1.85 bits per heavy atom. The maximum Gasteiger partial charge on any atom is 0.312 e. The minimum Gasteiger partial charge on any atom is -0.497 e. The molecule has 1 unspecified atom stereocenters. The van der Waals surface area contributed by atoms with Crippen molar-refractivity contribution in [3.63, 3.8) is 0 Å². The van der Waals surface area contributed by atoms with Gasteiger partial charge in [0.15, 0.2) is 0 Å². The second kappa shape index (κ2) is 9.00. The summed E-state index contributed by atoms with van der Waals surface area (Å²) in [5.74, 6) is -0.250. The van der Waals surface area contributed by atoms with Gasteiger partial charge in [0.25, 0.3) is 5.91 Å². The van der Waals surface area contributed by atoms with Crippen LogP contribution in [0, 0.1) is 0 Å². The first-order valence-electron chi connectivity index (χ1n) is 8.37. The highest BCUT2D eigenvalue weighted by molar-refractivity contribution is 7.10. The van der Waals surface area contributed by atoms with Gasteiger partial charge in [0.2, 0.25) is 6.10 Å². The van der Waals surface area contributed by atoms with Crippen LogP contribution in [0.25, 0.3) is 0 Å². The maximum absolute atomic E-state index is 12.8. The molecule has 2 aromatic carbocycles. The first kappa shape index (κ1) is 18.7. The Kier molecular flexibility index (Phi) is 6.22. The van der Waals surface area contributed by atoms with Crippen molar-refractivity contribution in [2.24, 2.45) is 0 Å². The number of rotatable bonds is 7. The third kappa shape index (κ3) is 5.18. The molecule has 138 valence electrons. The molecule has 6 heteroatoms. The quantitative estimate of drug-likeness (QED) is 0.622. The van der Waals surface area contributed by atoms with Gasteiger partial charge < -0.3 is 14.8 Å². The molecule has 0 aliphatic rings. The third-order valence-corrected chi connectivity index (χ3v) is 4.70. The van der Waals surface area contributed by atoms with E-state index in [2.05, 4.69) is 5.32 Å². The molecule has 0 saturated carbocycles. The number of methoxy groups -OCH3 is 1. The van der Waals surface area contributed by atoms with Crippen LogP contribution in [0.1, 0.15) is 16.5 Å². The molecule has 0 saturated heterocycles. The number of anilines is 1. The minimum atomic E-state index is -1.04. The fourth-order valence-electron chi connectivity index (χ4n) is 2.54. The van der Waals surface area contributed by atoms with Gasteiger partial charge in [0.05, 0.1) is 13.5 Å². The molecule has 27 heavy (non-hydrogen) atoms. The molecule has 1 atom stereocenters. The average Bonchev–Trinajstić information content (AvgIpc) is 3.19. The van der Waals surface area contributed by atoms with Gasteiger partial charge in [-0.15, -0.1) is 11.3 Å². The summed E-state index contributed by atoms with van der Waals surface area (Å²) in [6, 6.07) is 19.7. The first-order valence-corrected chi connectivity index (χ1v) is 9.25. The second-order valence-corrected chi connectivity index (χ2v) is 6.79. The summed E-state index contributed by atoms with van der Waals surface area (Å²) >= 11 is 1.47. The average molecular weight is 381 g/mol. The highest BCUT2D eigenvalue weighted by atomic mass is 32.1. The van der Waals surface area contributed by atoms with Crippen molar-refractivity contribution in [1.29, 1.82) is 0 Å². The number of nitrogens with one attached hydrogen (secondary N) is 1. The van der Waals surface area contributed by atoms with Gasteiger partial charge in [-0.3, -0.25) is 9.59 Å². The van der Waals surface area contributed by atoms with E-state index in [1.807, 2.05) is 23.6 Å². The summed E-state index contributed by atoms with van der Waals surface area (Å²) in [6.45, 7) is 0. The maximum atomic E-state index is 12.8. The van der Waals surface area contributed by atoms with Crippen LogP contribution in [0.2, 0.25) is 0 Å². The molecule has 0 spiro atoms. The van der Waals surface area contributed by atoms with E-state index < -0.39 is 18.0 Å². The second-order valence-electron chi connectivity index (χ2n) is 5.76. The molecule has 1 aromatic heterocycles. The lowest BCUT2D eigenvalue weighted by Gasteiger charge is -2.18. The zero-order valence-electron chi connectivity index (χ0n) is 14.8.